The number of carbonyl (C=O) groups is 1. The average molecular weight is 306 g/mol. The fourth-order valence-electron chi connectivity index (χ4n) is 1.30. The predicted molar refractivity (Wildman–Crippen MR) is 75.5 cm³/mol. The number of hydrogen-bond donors (Lipinski definition) is 0. The first-order chi connectivity index (χ1) is 9.91. The highest BCUT2D eigenvalue weighted by molar-refractivity contribution is 5.85. The van der Waals surface area contributed by atoms with Gasteiger partial charge in [0.25, 0.3) is 0 Å². The molecule has 7 heteroatoms. The Hall–Kier alpha value is -1.15. The Morgan fingerprint density at radius 2 is 1.95 bits per heavy atom. The molecule has 0 aliphatic carbocycles. The second kappa shape index (κ2) is 10.6. The van der Waals surface area contributed by atoms with Crippen LogP contribution in [0.4, 0.5) is 0 Å². The largest absolute Gasteiger partial charge is 0.453 e. The minimum Gasteiger partial charge on any atom is -0.453 e. The third-order valence-corrected chi connectivity index (χ3v) is 2.83. The van der Waals surface area contributed by atoms with Gasteiger partial charge in [0.05, 0.1) is 13.2 Å². The van der Waals surface area contributed by atoms with Gasteiger partial charge >= 0.3 is 5.97 Å². The highest BCUT2D eigenvalue weighted by Gasteiger charge is 2.36. The zero-order valence-electron chi connectivity index (χ0n) is 13.5. The van der Waals surface area contributed by atoms with E-state index in [1.54, 1.807) is 27.9 Å². The monoisotopic (exact) mass is 306 g/mol. The van der Waals surface area contributed by atoms with Crippen molar-refractivity contribution < 1.29 is 33.2 Å². The molecule has 0 N–H and O–H groups in total. The Labute approximate surface area is 126 Å². The summed E-state index contributed by atoms with van der Waals surface area (Å²) in [6.07, 6.45) is -0.450. The molecule has 21 heavy (non-hydrogen) atoms. The number of carbonyl (C=O) groups excluding carboxylic acids is 1. The van der Waals surface area contributed by atoms with Crippen LogP contribution in [0.2, 0.25) is 0 Å². The molecule has 0 fully saturated rings. The smallest absolute Gasteiger partial charge is 0.375 e. The van der Waals surface area contributed by atoms with Crippen molar-refractivity contribution in [1.29, 1.82) is 0 Å². The SMILES string of the molecule is C=C(OC(C)(OC)C(C)OCCOC)C(=O)OCOCC. The number of ether oxygens (including phenoxy) is 6. The van der Waals surface area contributed by atoms with Crippen molar-refractivity contribution in [2.45, 2.75) is 32.7 Å². The molecule has 2 unspecified atom stereocenters. The zero-order valence-corrected chi connectivity index (χ0v) is 13.5. The third-order valence-electron chi connectivity index (χ3n) is 2.83. The summed E-state index contributed by atoms with van der Waals surface area (Å²) in [6, 6.07) is 0. The molecule has 2 atom stereocenters. The fraction of sp³-hybridized carbons (Fsp3) is 0.786. The molecule has 0 saturated carbocycles. The van der Waals surface area contributed by atoms with Gasteiger partial charge in [0, 0.05) is 27.8 Å². The van der Waals surface area contributed by atoms with Crippen LogP contribution in [-0.4, -0.2) is 58.7 Å². The Morgan fingerprint density at radius 1 is 1.29 bits per heavy atom. The van der Waals surface area contributed by atoms with Crippen molar-refractivity contribution in [3.8, 4) is 0 Å². The van der Waals surface area contributed by atoms with E-state index in [9.17, 15) is 4.79 Å². The van der Waals surface area contributed by atoms with Gasteiger partial charge in [-0.2, -0.15) is 0 Å². The molecule has 7 nitrogen and oxygen atoms in total. The molecule has 0 rings (SSSR count). The molecule has 0 aromatic heterocycles. The summed E-state index contributed by atoms with van der Waals surface area (Å²) in [6.45, 7) is 9.85. The van der Waals surface area contributed by atoms with E-state index >= 15 is 0 Å². The molecule has 0 amide bonds. The van der Waals surface area contributed by atoms with Gasteiger partial charge in [0.2, 0.25) is 11.5 Å². The first-order valence-corrected chi connectivity index (χ1v) is 6.69. The van der Waals surface area contributed by atoms with Gasteiger partial charge in [0.1, 0.15) is 6.10 Å². The summed E-state index contributed by atoms with van der Waals surface area (Å²) >= 11 is 0. The minimum absolute atomic E-state index is 0.151. The summed E-state index contributed by atoms with van der Waals surface area (Å²) in [5, 5.41) is 0. The fourth-order valence-corrected chi connectivity index (χ4v) is 1.30. The van der Waals surface area contributed by atoms with E-state index in [4.69, 9.17) is 28.4 Å². The van der Waals surface area contributed by atoms with Crippen molar-refractivity contribution in [3.63, 3.8) is 0 Å². The minimum atomic E-state index is -1.17. The number of esters is 1. The lowest BCUT2D eigenvalue weighted by atomic mass is 10.2. The molecule has 0 aliphatic rings. The number of methoxy groups -OCH3 is 2. The standard InChI is InChI=1S/C14H26O7/c1-7-18-10-20-13(15)11(2)21-14(4,17-6)12(3)19-9-8-16-5/h12H,2,7-10H2,1,3-6H3. The van der Waals surface area contributed by atoms with E-state index in [1.165, 1.54) is 7.11 Å². The molecular weight excluding hydrogens is 280 g/mol. The van der Waals surface area contributed by atoms with Crippen LogP contribution in [0.1, 0.15) is 20.8 Å². The summed E-state index contributed by atoms with van der Waals surface area (Å²) in [4.78, 5) is 11.7. The lowest BCUT2D eigenvalue weighted by Gasteiger charge is -2.34. The molecule has 0 heterocycles. The second-order valence-electron chi connectivity index (χ2n) is 4.29. The van der Waals surface area contributed by atoms with Gasteiger partial charge in [-0.05, 0) is 20.4 Å². The molecular formula is C14H26O7. The highest BCUT2D eigenvalue weighted by Crippen LogP contribution is 2.23. The van der Waals surface area contributed by atoms with Gasteiger partial charge in [0.15, 0.2) is 6.79 Å². The van der Waals surface area contributed by atoms with Gasteiger partial charge in [-0.3, -0.25) is 0 Å². The van der Waals surface area contributed by atoms with E-state index in [-0.39, 0.29) is 12.6 Å². The Kier molecular flexibility index (Phi) is 9.98. The van der Waals surface area contributed by atoms with E-state index in [0.29, 0.717) is 19.8 Å². The molecule has 0 aromatic rings. The quantitative estimate of drug-likeness (QED) is 0.178. The van der Waals surface area contributed by atoms with Crippen LogP contribution in [0.25, 0.3) is 0 Å². The molecule has 0 aliphatic heterocycles. The van der Waals surface area contributed by atoms with Crippen molar-refractivity contribution in [2.24, 2.45) is 0 Å². The van der Waals surface area contributed by atoms with Gasteiger partial charge in [-0.25, -0.2) is 4.79 Å². The van der Waals surface area contributed by atoms with Gasteiger partial charge in [-0.15, -0.1) is 0 Å². The van der Waals surface area contributed by atoms with Crippen LogP contribution >= 0.6 is 0 Å². The average Bonchev–Trinajstić information content (AvgIpc) is 2.47. The lowest BCUT2D eigenvalue weighted by molar-refractivity contribution is -0.251. The van der Waals surface area contributed by atoms with Crippen LogP contribution in [0.15, 0.2) is 12.3 Å². The first kappa shape index (κ1) is 19.9. The summed E-state index contributed by atoms with van der Waals surface area (Å²) in [5.41, 5.74) is 0. The van der Waals surface area contributed by atoms with Gasteiger partial charge < -0.3 is 28.4 Å². The van der Waals surface area contributed by atoms with Gasteiger partial charge in [-0.1, -0.05) is 0 Å². The maximum absolute atomic E-state index is 11.7. The van der Waals surface area contributed by atoms with Crippen molar-refractivity contribution in [2.75, 3.05) is 40.8 Å². The first-order valence-electron chi connectivity index (χ1n) is 6.69. The molecule has 0 bridgehead atoms. The summed E-state index contributed by atoms with van der Waals surface area (Å²) < 4.78 is 30.9. The van der Waals surface area contributed by atoms with E-state index in [1.807, 2.05) is 0 Å². The molecule has 0 spiro atoms. The van der Waals surface area contributed by atoms with E-state index in [2.05, 4.69) is 6.58 Å². The Balaban J connectivity index is 4.43. The lowest BCUT2D eigenvalue weighted by Crippen LogP contribution is -2.44. The number of hydrogen-bond acceptors (Lipinski definition) is 7. The zero-order chi connectivity index (χ0) is 16.3. The normalized spacial score (nSPS) is 15.1. The van der Waals surface area contributed by atoms with Crippen LogP contribution in [0.5, 0.6) is 0 Å². The Morgan fingerprint density at radius 3 is 2.48 bits per heavy atom. The maximum Gasteiger partial charge on any atom is 0.375 e. The van der Waals surface area contributed by atoms with Crippen LogP contribution in [-0.2, 0) is 33.2 Å². The van der Waals surface area contributed by atoms with Crippen LogP contribution in [0, 0.1) is 0 Å². The number of rotatable bonds is 12. The highest BCUT2D eigenvalue weighted by atomic mass is 16.7. The van der Waals surface area contributed by atoms with Crippen LogP contribution < -0.4 is 0 Å². The maximum atomic E-state index is 11.7. The molecule has 0 radical (unpaired) electrons. The third kappa shape index (κ3) is 7.42. The molecule has 0 saturated heterocycles. The van der Waals surface area contributed by atoms with E-state index < -0.39 is 17.9 Å². The van der Waals surface area contributed by atoms with Crippen molar-refractivity contribution in [3.05, 3.63) is 12.3 Å². The second-order valence-corrected chi connectivity index (χ2v) is 4.29. The summed E-state index contributed by atoms with van der Waals surface area (Å²) in [7, 11) is 3.03. The topological polar surface area (TPSA) is 72.5 Å². The van der Waals surface area contributed by atoms with Crippen molar-refractivity contribution >= 4 is 5.97 Å². The predicted octanol–water partition coefficient (Wildman–Crippen LogP) is 1.47. The van der Waals surface area contributed by atoms with Crippen molar-refractivity contribution in [1.82, 2.24) is 0 Å². The Bertz CT molecular complexity index is 318. The van der Waals surface area contributed by atoms with Crippen LogP contribution in [0.3, 0.4) is 0 Å². The van der Waals surface area contributed by atoms with E-state index in [0.717, 1.165) is 0 Å². The molecule has 124 valence electrons. The summed E-state index contributed by atoms with van der Waals surface area (Å²) in [5.74, 6) is -2.06. The molecule has 0 aromatic carbocycles.